The first-order valence-corrected chi connectivity index (χ1v) is 8.14. The van der Waals surface area contributed by atoms with Gasteiger partial charge >= 0.3 is 0 Å². The lowest BCUT2D eigenvalue weighted by molar-refractivity contribution is -0.131. The minimum absolute atomic E-state index is 0.0704. The van der Waals surface area contributed by atoms with E-state index >= 15 is 0 Å². The Balaban J connectivity index is 1.56. The molecule has 0 bridgehead atoms. The van der Waals surface area contributed by atoms with Crippen molar-refractivity contribution in [1.82, 2.24) is 19.8 Å². The summed E-state index contributed by atoms with van der Waals surface area (Å²) in [5.74, 6) is 0.426. The van der Waals surface area contributed by atoms with E-state index in [9.17, 15) is 9.59 Å². The Kier molecular flexibility index (Phi) is 4.34. The molecular weight excluding hydrogens is 420 g/mol. The highest BCUT2D eigenvalue weighted by atomic mass is 79.9. The van der Waals surface area contributed by atoms with E-state index in [1.54, 1.807) is 23.2 Å². The molecule has 0 aromatic carbocycles. The molecule has 2 aromatic heterocycles. The number of imidazole rings is 1. The Morgan fingerprint density at radius 3 is 2.86 bits per heavy atom. The van der Waals surface area contributed by atoms with Crippen LogP contribution in [0.3, 0.4) is 0 Å². The van der Waals surface area contributed by atoms with Crippen LogP contribution in [0.2, 0.25) is 0 Å². The minimum Gasteiger partial charge on any atom is -0.444 e. The van der Waals surface area contributed by atoms with E-state index in [1.165, 1.54) is 0 Å². The molecule has 0 spiro atoms. The summed E-state index contributed by atoms with van der Waals surface area (Å²) in [7, 11) is 0. The van der Waals surface area contributed by atoms with Gasteiger partial charge in [0, 0.05) is 13.1 Å². The number of aromatic nitrogens is 2. The number of fused-ring (bicyclic) bond motifs is 1. The van der Waals surface area contributed by atoms with Gasteiger partial charge in [-0.2, -0.15) is 0 Å². The molecule has 1 N–H and O–H groups in total. The van der Waals surface area contributed by atoms with Crippen molar-refractivity contribution in [1.29, 1.82) is 0 Å². The summed E-state index contributed by atoms with van der Waals surface area (Å²) in [6.45, 7) is 1.63. The number of carbonyl (C=O) groups excluding carboxylic acids is 2. The zero-order chi connectivity index (χ0) is 15.7. The van der Waals surface area contributed by atoms with E-state index in [2.05, 4.69) is 42.2 Å². The van der Waals surface area contributed by atoms with Crippen LogP contribution in [-0.4, -0.2) is 39.4 Å². The molecule has 3 rings (SSSR count). The molecule has 2 aromatic rings. The van der Waals surface area contributed by atoms with Gasteiger partial charge in [0.05, 0.1) is 19.3 Å². The van der Waals surface area contributed by atoms with Crippen LogP contribution >= 0.6 is 31.9 Å². The molecule has 0 saturated heterocycles. The summed E-state index contributed by atoms with van der Waals surface area (Å²) >= 11 is 6.54. The quantitative estimate of drug-likeness (QED) is 0.803. The maximum absolute atomic E-state index is 12.2. The maximum Gasteiger partial charge on any atom is 0.287 e. The van der Waals surface area contributed by atoms with Crippen LogP contribution in [0.15, 0.2) is 32.0 Å². The molecule has 0 radical (unpaired) electrons. The van der Waals surface area contributed by atoms with Gasteiger partial charge in [-0.25, -0.2) is 4.98 Å². The number of amides is 2. The molecule has 0 atom stereocenters. The highest BCUT2D eigenvalue weighted by Crippen LogP contribution is 2.18. The molecule has 0 unspecified atom stereocenters. The van der Waals surface area contributed by atoms with Gasteiger partial charge < -0.3 is 19.2 Å². The second kappa shape index (κ2) is 6.25. The first-order chi connectivity index (χ1) is 10.5. The normalized spacial score (nSPS) is 13.8. The Labute approximate surface area is 142 Å². The third kappa shape index (κ3) is 3.09. The second-order valence-corrected chi connectivity index (χ2v) is 6.34. The monoisotopic (exact) mass is 430 g/mol. The van der Waals surface area contributed by atoms with Crippen molar-refractivity contribution < 1.29 is 14.0 Å². The Hall–Kier alpha value is -1.61. The average Bonchev–Trinajstić information content (AvgIpc) is 3.11. The summed E-state index contributed by atoms with van der Waals surface area (Å²) < 4.78 is 8.53. The van der Waals surface area contributed by atoms with E-state index < -0.39 is 5.91 Å². The van der Waals surface area contributed by atoms with Crippen molar-refractivity contribution in [3.05, 3.63) is 39.2 Å². The zero-order valence-corrected chi connectivity index (χ0v) is 14.6. The maximum atomic E-state index is 12.2. The van der Waals surface area contributed by atoms with Gasteiger partial charge in [0.2, 0.25) is 5.91 Å². The molecule has 7 nitrogen and oxygen atoms in total. The van der Waals surface area contributed by atoms with Crippen molar-refractivity contribution in [2.24, 2.45) is 0 Å². The SMILES string of the molecule is O=C(NCC(=O)N1CCn2c(Br)cnc2C1)c1ccc(Br)o1. The Morgan fingerprint density at radius 1 is 1.32 bits per heavy atom. The summed E-state index contributed by atoms with van der Waals surface area (Å²) in [6.07, 6.45) is 1.72. The predicted octanol–water partition coefficient (Wildman–Crippen LogP) is 1.77. The van der Waals surface area contributed by atoms with Crippen molar-refractivity contribution in [3.63, 3.8) is 0 Å². The fourth-order valence-electron chi connectivity index (χ4n) is 2.23. The highest BCUT2D eigenvalue weighted by molar-refractivity contribution is 9.10. The van der Waals surface area contributed by atoms with Crippen LogP contribution in [0.25, 0.3) is 0 Å². The summed E-state index contributed by atoms with van der Waals surface area (Å²) in [5, 5.41) is 2.56. The fraction of sp³-hybridized carbons (Fsp3) is 0.308. The summed E-state index contributed by atoms with van der Waals surface area (Å²) in [5.41, 5.74) is 0. The minimum atomic E-state index is -0.416. The molecule has 1 aliphatic heterocycles. The largest absolute Gasteiger partial charge is 0.444 e. The van der Waals surface area contributed by atoms with Gasteiger partial charge in [0.1, 0.15) is 10.4 Å². The highest BCUT2D eigenvalue weighted by Gasteiger charge is 2.23. The standard InChI is InChI=1S/C13H12Br2N4O3/c14-9-5-16-11-7-18(3-4-19(9)11)12(20)6-17-13(21)8-1-2-10(15)22-8/h1-2,5H,3-4,6-7H2,(H,17,21). The number of carbonyl (C=O) groups is 2. The summed E-state index contributed by atoms with van der Waals surface area (Å²) in [4.78, 5) is 29.9. The lowest BCUT2D eigenvalue weighted by atomic mass is 10.3. The number of nitrogens with one attached hydrogen (secondary N) is 1. The number of hydrogen-bond donors (Lipinski definition) is 1. The van der Waals surface area contributed by atoms with E-state index in [4.69, 9.17) is 4.42 Å². The van der Waals surface area contributed by atoms with E-state index in [-0.39, 0.29) is 18.2 Å². The number of furan rings is 1. The van der Waals surface area contributed by atoms with Crippen molar-refractivity contribution in [3.8, 4) is 0 Å². The first-order valence-electron chi connectivity index (χ1n) is 6.56. The molecule has 116 valence electrons. The van der Waals surface area contributed by atoms with Gasteiger partial charge in [-0.15, -0.1) is 0 Å². The van der Waals surface area contributed by atoms with Crippen LogP contribution in [0.5, 0.6) is 0 Å². The second-order valence-electron chi connectivity index (χ2n) is 4.75. The van der Waals surface area contributed by atoms with E-state index in [1.807, 2.05) is 4.57 Å². The zero-order valence-electron chi connectivity index (χ0n) is 11.4. The van der Waals surface area contributed by atoms with Crippen LogP contribution in [-0.2, 0) is 17.9 Å². The van der Waals surface area contributed by atoms with Crippen LogP contribution in [0, 0.1) is 0 Å². The summed E-state index contributed by atoms with van der Waals surface area (Å²) in [6, 6.07) is 3.16. The molecule has 22 heavy (non-hydrogen) atoms. The lowest BCUT2D eigenvalue weighted by Gasteiger charge is -2.28. The first kappa shape index (κ1) is 15.3. The number of nitrogens with zero attached hydrogens (tertiary/aromatic N) is 3. The molecular formula is C13H12Br2N4O3. The third-order valence-electron chi connectivity index (χ3n) is 3.37. The van der Waals surface area contributed by atoms with Gasteiger partial charge in [-0.3, -0.25) is 9.59 Å². The average molecular weight is 432 g/mol. The molecule has 9 heteroatoms. The number of halogens is 2. The predicted molar refractivity (Wildman–Crippen MR) is 84.1 cm³/mol. The molecule has 1 aliphatic rings. The number of hydrogen-bond acceptors (Lipinski definition) is 4. The van der Waals surface area contributed by atoms with Gasteiger partial charge in [-0.05, 0) is 44.0 Å². The van der Waals surface area contributed by atoms with Gasteiger partial charge in [-0.1, -0.05) is 0 Å². The van der Waals surface area contributed by atoms with Crippen LogP contribution in [0.4, 0.5) is 0 Å². The van der Waals surface area contributed by atoms with Crippen LogP contribution < -0.4 is 5.32 Å². The lowest BCUT2D eigenvalue weighted by Crippen LogP contribution is -2.43. The number of rotatable bonds is 3. The Morgan fingerprint density at radius 2 is 2.14 bits per heavy atom. The fourth-order valence-corrected chi connectivity index (χ4v) is 3.02. The smallest absolute Gasteiger partial charge is 0.287 e. The van der Waals surface area contributed by atoms with Gasteiger partial charge in [0.25, 0.3) is 5.91 Å². The van der Waals surface area contributed by atoms with Crippen LogP contribution in [0.1, 0.15) is 16.4 Å². The molecule has 3 heterocycles. The van der Waals surface area contributed by atoms with E-state index in [0.29, 0.717) is 24.3 Å². The molecule has 0 aliphatic carbocycles. The van der Waals surface area contributed by atoms with Gasteiger partial charge in [0.15, 0.2) is 10.4 Å². The topological polar surface area (TPSA) is 80.4 Å². The van der Waals surface area contributed by atoms with E-state index in [0.717, 1.165) is 10.4 Å². The molecule has 2 amide bonds. The molecule has 0 fully saturated rings. The molecule has 0 saturated carbocycles. The Bertz CT molecular complexity index is 725. The van der Waals surface area contributed by atoms with Crippen molar-refractivity contribution in [2.45, 2.75) is 13.1 Å². The van der Waals surface area contributed by atoms with Crippen molar-refractivity contribution in [2.75, 3.05) is 13.1 Å². The third-order valence-corrected chi connectivity index (χ3v) is 4.42. The van der Waals surface area contributed by atoms with Crippen molar-refractivity contribution >= 4 is 43.7 Å².